The molecule has 1 atom stereocenters. The number of nitriles is 1. The highest BCUT2D eigenvalue weighted by atomic mass is 32.2. The molecule has 0 saturated heterocycles. The van der Waals surface area contributed by atoms with Gasteiger partial charge in [-0.15, -0.1) is 11.3 Å². The van der Waals surface area contributed by atoms with E-state index in [9.17, 15) is 10.1 Å². The van der Waals surface area contributed by atoms with Gasteiger partial charge in [0.15, 0.2) is 5.17 Å². The fraction of sp³-hybridized carbons (Fsp3) is 0.105. The van der Waals surface area contributed by atoms with Crippen LogP contribution in [-0.2, 0) is 4.79 Å². The first-order valence-corrected chi connectivity index (χ1v) is 9.86. The molecular weight excluding hydrogens is 378 g/mol. The van der Waals surface area contributed by atoms with E-state index in [4.69, 9.17) is 5.73 Å². The number of nitrogens with two attached hydrogens (primary N) is 1. The fourth-order valence-corrected chi connectivity index (χ4v) is 4.81. The molecular formula is C19H15N5OS2. The van der Waals surface area contributed by atoms with Crippen molar-refractivity contribution in [2.75, 3.05) is 5.32 Å². The van der Waals surface area contributed by atoms with Crippen molar-refractivity contribution in [1.82, 2.24) is 4.90 Å². The molecule has 0 bridgehead atoms. The molecule has 2 aliphatic rings. The third-order valence-electron chi connectivity index (χ3n) is 4.27. The molecule has 4 rings (SSSR count). The first-order valence-electron chi connectivity index (χ1n) is 8.16. The molecule has 27 heavy (non-hydrogen) atoms. The van der Waals surface area contributed by atoms with Crippen LogP contribution in [0.5, 0.6) is 0 Å². The van der Waals surface area contributed by atoms with Crippen molar-refractivity contribution in [3.63, 3.8) is 0 Å². The normalized spacial score (nSPS) is 18.9. The Bertz CT molecular complexity index is 1030. The molecule has 0 unspecified atom stereocenters. The Morgan fingerprint density at radius 2 is 2.07 bits per heavy atom. The molecule has 0 radical (unpaired) electrons. The van der Waals surface area contributed by atoms with E-state index in [0.717, 1.165) is 4.88 Å². The maximum Gasteiger partial charge on any atom is 0.255 e. The van der Waals surface area contributed by atoms with Crippen molar-refractivity contribution >= 4 is 39.9 Å². The zero-order valence-electron chi connectivity index (χ0n) is 14.3. The highest BCUT2D eigenvalue weighted by molar-refractivity contribution is 8.17. The predicted molar refractivity (Wildman–Crippen MR) is 109 cm³/mol. The van der Waals surface area contributed by atoms with Crippen LogP contribution in [0.15, 0.2) is 74.8 Å². The number of amidine groups is 1. The van der Waals surface area contributed by atoms with E-state index >= 15 is 0 Å². The van der Waals surface area contributed by atoms with E-state index in [2.05, 4.69) is 16.4 Å². The number of rotatable bonds is 3. The number of hydrogen-bond acceptors (Lipinski definition) is 7. The second-order valence-corrected chi connectivity index (χ2v) is 7.89. The van der Waals surface area contributed by atoms with Gasteiger partial charge in [-0.2, -0.15) is 5.26 Å². The summed E-state index contributed by atoms with van der Waals surface area (Å²) >= 11 is 2.77. The van der Waals surface area contributed by atoms with Crippen LogP contribution in [0.1, 0.15) is 17.8 Å². The number of benzene rings is 1. The second kappa shape index (κ2) is 6.95. The standard InChI is InChI=1S/C19H15N5OS2/c1-11-15(18(25)23-12-6-3-2-4-7-12)16(13-8-5-9-26-13)24-17(21)14(10-20)27-19(24)22-11/h2-9,16H,21H2,1H3,(H,23,25)/t16-/m1/s1. The van der Waals surface area contributed by atoms with Crippen LogP contribution in [-0.4, -0.2) is 16.0 Å². The number of thiophene rings is 1. The van der Waals surface area contributed by atoms with Crippen LogP contribution in [0.2, 0.25) is 0 Å². The summed E-state index contributed by atoms with van der Waals surface area (Å²) in [5, 5.41) is 14.9. The van der Waals surface area contributed by atoms with Crippen molar-refractivity contribution in [3.8, 4) is 6.07 Å². The topological polar surface area (TPSA) is 94.5 Å². The summed E-state index contributed by atoms with van der Waals surface area (Å²) in [6.07, 6.45) is 0. The Labute approximate surface area is 164 Å². The summed E-state index contributed by atoms with van der Waals surface area (Å²) < 4.78 is 0. The van der Waals surface area contributed by atoms with Crippen molar-refractivity contribution in [2.45, 2.75) is 13.0 Å². The van der Waals surface area contributed by atoms with Gasteiger partial charge in [0.05, 0.1) is 11.3 Å². The number of hydrogen-bond donors (Lipinski definition) is 2. The number of nitrogens with one attached hydrogen (secondary N) is 1. The minimum Gasteiger partial charge on any atom is -0.383 e. The zero-order chi connectivity index (χ0) is 19.0. The number of carbonyl (C=O) groups is 1. The summed E-state index contributed by atoms with van der Waals surface area (Å²) in [6, 6.07) is 14.9. The number of aliphatic imine (C=N–C) groups is 1. The quantitative estimate of drug-likeness (QED) is 0.828. The molecule has 2 aromatic rings. The Balaban J connectivity index is 1.79. The molecule has 0 fully saturated rings. The Hall–Kier alpha value is -3.02. The molecule has 0 aliphatic carbocycles. The van der Waals surface area contributed by atoms with Gasteiger partial charge in [0.25, 0.3) is 5.91 Å². The van der Waals surface area contributed by atoms with Gasteiger partial charge in [0.2, 0.25) is 0 Å². The molecule has 3 heterocycles. The van der Waals surface area contributed by atoms with Crippen LogP contribution < -0.4 is 11.1 Å². The molecule has 1 aromatic heterocycles. The number of allylic oxidation sites excluding steroid dienone is 2. The predicted octanol–water partition coefficient (Wildman–Crippen LogP) is 3.77. The van der Waals surface area contributed by atoms with E-state index < -0.39 is 6.04 Å². The number of amides is 1. The van der Waals surface area contributed by atoms with Gasteiger partial charge in [-0.3, -0.25) is 9.69 Å². The minimum atomic E-state index is -0.417. The van der Waals surface area contributed by atoms with E-state index in [-0.39, 0.29) is 5.91 Å². The number of anilines is 1. The molecule has 2 aliphatic heterocycles. The van der Waals surface area contributed by atoms with Crippen LogP contribution in [0.3, 0.4) is 0 Å². The highest BCUT2D eigenvalue weighted by Crippen LogP contribution is 2.46. The SMILES string of the molecule is CC1=C(C(=O)Nc2ccccc2)[C@@H](c2cccs2)N2C(=N1)SC(C#N)=C2N. The van der Waals surface area contributed by atoms with E-state index in [1.54, 1.807) is 4.90 Å². The number of para-hydroxylation sites is 1. The van der Waals surface area contributed by atoms with Crippen LogP contribution in [0, 0.1) is 11.3 Å². The Morgan fingerprint density at radius 3 is 2.74 bits per heavy atom. The first-order chi connectivity index (χ1) is 13.1. The Kier molecular flexibility index (Phi) is 4.48. The van der Waals surface area contributed by atoms with Crippen LogP contribution in [0.4, 0.5) is 5.69 Å². The lowest BCUT2D eigenvalue weighted by molar-refractivity contribution is -0.113. The van der Waals surface area contributed by atoms with Gasteiger partial charge < -0.3 is 11.1 Å². The van der Waals surface area contributed by atoms with Gasteiger partial charge in [-0.05, 0) is 42.3 Å². The minimum absolute atomic E-state index is 0.233. The number of thioether (sulfide) groups is 1. The smallest absolute Gasteiger partial charge is 0.255 e. The van der Waals surface area contributed by atoms with Crippen molar-refractivity contribution in [1.29, 1.82) is 5.26 Å². The van der Waals surface area contributed by atoms with Crippen LogP contribution >= 0.6 is 23.1 Å². The number of nitrogens with zero attached hydrogens (tertiary/aromatic N) is 3. The largest absolute Gasteiger partial charge is 0.383 e. The fourth-order valence-electron chi connectivity index (χ4n) is 3.07. The molecule has 8 heteroatoms. The molecule has 1 aromatic carbocycles. The molecule has 0 saturated carbocycles. The van der Waals surface area contributed by atoms with Gasteiger partial charge in [-0.1, -0.05) is 24.3 Å². The van der Waals surface area contributed by atoms with Crippen molar-refractivity contribution in [2.24, 2.45) is 10.7 Å². The Morgan fingerprint density at radius 1 is 1.30 bits per heavy atom. The van der Waals surface area contributed by atoms with Gasteiger partial charge >= 0.3 is 0 Å². The summed E-state index contributed by atoms with van der Waals surface area (Å²) in [5.74, 6) is 0.0975. The zero-order valence-corrected chi connectivity index (χ0v) is 16.0. The average molecular weight is 393 g/mol. The van der Waals surface area contributed by atoms with E-state index in [0.29, 0.717) is 32.9 Å². The number of fused-ring (bicyclic) bond motifs is 1. The monoisotopic (exact) mass is 393 g/mol. The summed E-state index contributed by atoms with van der Waals surface area (Å²) in [7, 11) is 0. The maximum absolute atomic E-state index is 13.1. The molecule has 1 amide bonds. The van der Waals surface area contributed by atoms with Gasteiger partial charge in [-0.25, -0.2) is 4.99 Å². The molecule has 6 nitrogen and oxygen atoms in total. The second-order valence-electron chi connectivity index (χ2n) is 5.93. The average Bonchev–Trinajstić information content (AvgIpc) is 3.29. The van der Waals surface area contributed by atoms with Gasteiger partial charge in [0.1, 0.15) is 22.8 Å². The van der Waals surface area contributed by atoms with Crippen LogP contribution in [0.25, 0.3) is 0 Å². The molecule has 0 spiro atoms. The van der Waals surface area contributed by atoms with Gasteiger partial charge in [0, 0.05) is 10.6 Å². The lowest BCUT2D eigenvalue weighted by Gasteiger charge is -2.34. The molecule has 134 valence electrons. The lowest BCUT2D eigenvalue weighted by atomic mass is 9.99. The molecule has 3 N–H and O–H groups in total. The lowest BCUT2D eigenvalue weighted by Crippen LogP contribution is -2.39. The third-order valence-corrected chi connectivity index (χ3v) is 6.17. The summed E-state index contributed by atoms with van der Waals surface area (Å²) in [4.78, 5) is 20.8. The maximum atomic E-state index is 13.1. The van der Waals surface area contributed by atoms with Crippen molar-refractivity contribution < 1.29 is 4.79 Å². The first kappa shape index (κ1) is 17.4. The third kappa shape index (κ3) is 3.01. The summed E-state index contributed by atoms with van der Waals surface area (Å²) in [5.41, 5.74) is 8.08. The summed E-state index contributed by atoms with van der Waals surface area (Å²) in [6.45, 7) is 1.81. The highest BCUT2D eigenvalue weighted by Gasteiger charge is 2.42. The van der Waals surface area contributed by atoms with E-state index in [1.807, 2.05) is 54.8 Å². The van der Waals surface area contributed by atoms with Crippen molar-refractivity contribution in [3.05, 3.63) is 74.7 Å². The number of carbonyl (C=O) groups excluding carboxylic acids is 1. The van der Waals surface area contributed by atoms with E-state index in [1.165, 1.54) is 23.1 Å².